The van der Waals surface area contributed by atoms with E-state index in [0.29, 0.717) is 36.4 Å². The Hall–Kier alpha value is -2.71. The minimum absolute atomic E-state index is 0.0769. The van der Waals surface area contributed by atoms with E-state index in [1.165, 1.54) is 18.3 Å². The lowest BCUT2D eigenvalue weighted by atomic mass is 10.1. The maximum Gasteiger partial charge on any atom is 0.212 e. The molecule has 0 spiro atoms. The zero-order valence-electron chi connectivity index (χ0n) is 18.9. The summed E-state index contributed by atoms with van der Waals surface area (Å²) in [6, 6.07) is 7.87. The number of piperazine rings is 1. The third-order valence-corrected chi connectivity index (χ3v) is 8.12. The first kappa shape index (κ1) is 22.5. The van der Waals surface area contributed by atoms with Crippen LogP contribution < -0.4 is 10.3 Å². The number of anilines is 1. The molecule has 1 saturated heterocycles. The first-order valence-corrected chi connectivity index (χ1v) is 12.2. The Bertz CT molecular complexity index is 1360. The molecule has 0 aliphatic carbocycles. The average Bonchev–Trinajstić information content (AvgIpc) is 2.74. The molecular formula is C24H28FN3O3S. The summed E-state index contributed by atoms with van der Waals surface area (Å²) < 4.78 is 43.7. The molecule has 0 unspecified atom stereocenters. The van der Waals surface area contributed by atoms with Gasteiger partial charge in [-0.2, -0.15) is 0 Å². The van der Waals surface area contributed by atoms with E-state index in [1.807, 2.05) is 25.8 Å². The number of nitrogens with zero attached hydrogens (tertiary/aromatic N) is 3. The van der Waals surface area contributed by atoms with E-state index in [2.05, 4.69) is 4.90 Å². The monoisotopic (exact) mass is 457 g/mol. The zero-order valence-corrected chi connectivity index (χ0v) is 19.7. The van der Waals surface area contributed by atoms with Crippen molar-refractivity contribution in [2.45, 2.75) is 37.1 Å². The maximum absolute atomic E-state index is 15.1. The van der Waals surface area contributed by atoms with E-state index in [4.69, 9.17) is 0 Å². The van der Waals surface area contributed by atoms with E-state index in [-0.39, 0.29) is 15.2 Å². The Balaban J connectivity index is 1.91. The van der Waals surface area contributed by atoms with E-state index < -0.39 is 21.1 Å². The summed E-state index contributed by atoms with van der Waals surface area (Å²) in [6.45, 7) is 8.93. The molecule has 2 aromatic carbocycles. The largest absolute Gasteiger partial charge is 0.367 e. The van der Waals surface area contributed by atoms with Crippen molar-refractivity contribution in [2.24, 2.45) is 0 Å². The van der Waals surface area contributed by atoms with Gasteiger partial charge in [-0.3, -0.25) is 4.79 Å². The molecule has 6 nitrogen and oxygen atoms in total. The van der Waals surface area contributed by atoms with Crippen molar-refractivity contribution in [2.75, 3.05) is 38.1 Å². The van der Waals surface area contributed by atoms with Crippen LogP contribution in [-0.2, 0) is 16.4 Å². The van der Waals surface area contributed by atoms with E-state index in [0.717, 1.165) is 18.7 Å². The van der Waals surface area contributed by atoms with Crippen molar-refractivity contribution in [1.29, 1.82) is 0 Å². The van der Waals surface area contributed by atoms with Crippen molar-refractivity contribution in [3.8, 4) is 0 Å². The molecule has 1 aromatic heterocycles. The number of sulfone groups is 1. The number of hydrogen-bond donors (Lipinski definition) is 0. The highest BCUT2D eigenvalue weighted by Gasteiger charge is 2.27. The average molecular weight is 458 g/mol. The lowest BCUT2D eigenvalue weighted by molar-refractivity contribution is 0.312. The smallest absolute Gasteiger partial charge is 0.212 e. The molecule has 1 aliphatic heterocycles. The molecule has 8 heteroatoms. The van der Waals surface area contributed by atoms with Gasteiger partial charge in [0.2, 0.25) is 15.3 Å². The second-order valence-electron chi connectivity index (χ2n) is 8.49. The van der Waals surface area contributed by atoms with Gasteiger partial charge in [0.1, 0.15) is 10.7 Å². The van der Waals surface area contributed by atoms with Crippen LogP contribution in [0.2, 0.25) is 0 Å². The van der Waals surface area contributed by atoms with Crippen molar-refractivity contribution >= 4 is 26.4 Å². The molecule has 1 fully saturated rings. The Morgan fingerprint density at radius 1 is 1.00 bits per heavy atom. The van der Waals surface area contributed by atoms with Gasteiger partial charge in [-0.25, -0.2) is 12.8 Å². The molecule has 0 radical (unpaired) electrons. The van der Waals surface area contributed by atoms with Gasteiger partial charge in [-0.05, 0) is 51.6 Å². The first-order chi connectivity index (χ1) is 15.1. The van der Waals surface area contributed by atoms with E-state index in [9.17, 15) is 13.2 Å². The normalized spacial score (nSPS) is 15.5. The van der Waals surface area contributed by atoms with Crippen LogP contribution >= 0.6 is 0 Å². The topological polar surface area (TPSA) is 62.6 Å². The molecule has 0 bridgehead atoms. The van der Waals surface area contributed by atoms with Crippen LogP contribution in [0.3, 0.4) is 0 Å². The highest BCUT2D eigenvalue weighted by Crippen LogP contribution is 2.29. The summed E-state index contributed by atoms with van der Waals surface area (Å²) in [7, 11) is -2.03. The van der Waals surface area contributed by atoms with Crippen molar-refractivity contribution < 1.29 is 12.8 Å². The second-order valence-corrected chi connectivity index (χ2v) is 10.4. The fourth-order valence-corrected chi connectivity index (χ4v) is 5.92. The number of benzene rings is 2. The van der Waals surface area contributed by atoms with Gasteiger partial charge in [0.05, 0.1) is 21.5 Å². The molecular weight excluding hydrogens is 429 g/mol. The Labute approximate surface area is 187 Å². The predicted octanol–water partition coefficient (Wildman–Crippen LogP) is 3.36. The highest BCUT2D eigenvalue weighted by molar-refractivity contribution is 7.91. The van der Waals surface area contributed by atoms with Crippen LogP contribution in [-0.4, -0.2) is 51.1 Å². The minimum Gasteiger partial charge on any atom is -0.367 e. The van der Waals surface area contributed by atoms with Crippen LogP contribution in [0.1, 0.15) is 18.1 Å². The highest BCUT2D eigenvalue weighted by atomic mass is 32.2. The lowest BCUT2D eigenvalue weighted by Gasteiger charge is -2.34. The summed E-state index contributed by atoms with van der Waals surface area (Å²) >= 11 is 0. The minimum atomic E-state index is -4.06. The number of aromatic nitrogens is 1. The van der Waals surface area contributed by atoms with Crippen molar-refractivity contribution in [3.63, 3.8) is 0 Å². The first-order valence-electron chi connectivity index (χ1n) is 10.8. The van der Waals surface area contributed by atoms with Crippen molar-refractivity contribution in [3.05, 3.63) is 63.7 Å². The standard InChI is InChI=1S/C24H28FN3O3S/c1-5-27-15-23(32(30,31)22-7-6-16(2)12-17(22)3)24(29)18-13-19(25)21(14-20(18)27)28-10-8-26(4)9-11-28/h6-7,12-15H,5,8-11H2,1-4H3. The van der Waals surface area contributed by atoms with Gasteiger partial charge in [0, 0.05) is 38.9 Å². The van der Waals surface area contributed by atoms with Gasteiger partial charge in [-0.1, -0.05) is 17.7 Å². The number of aryl methyl sites for hydroxylation is 3. The number of halogens is 1. The third-order valence-electron chi connectivity index (χ3n) is 6.21. The number of hydrogen-bond acceptors (Lipinski definition) is 5. The summed E-state index contributed by atoms with van der Waals surface area (Å²) in [4.78, 5) is 17.2. The quantitative estimate of drug-likeness (QED) is 0.601. The van der Waals surface area contributed by atoms with Gasteiger partial charge < -0.3 is 14.4 Å². The molecule has 3 aromatic rings. The summed E-state index contributed by atoms with van der Waals surface area (Å²) in [5.74, 6) is -0.511. The van der Waals surface area contributed by atoms with Crippen LogP contribution in [0.15, 0.2) is 51.1 Å². The number of pyridine rings is 1. The van der Waals surface area contributed by atoms with Gasteiger partial charge >= 0.3 is 0 Å². The molecule has 4 rings (SSSR count). The van der Waals surface area contributed by atoms with Crippen LogP contribution in [0.5, 0.6) is 0 Å². The molecule has 0 amide bonds. The lowest BCUT2D eigenvalue weighted by Crippen LogP contribution is -2.44. The molecule has 0 saturated carbocycles. The Kier molecular flexibility index (Phi) is 5.85. The summed E-state index contributed by atoms with van der Waals surface area (Å²) in [5, 5.41) is 0.0769. The number of fused-ring (bicyclic) bond motifs is 1. The Morgan fingerprint density at radius 3 is 2.31 bits per heavy atom. The summed E-state index contributed by atoms with van der Waals surface area (Å²) in [5.41, 5.74) is 1.81. The van der Waals surface area contributed by atoms with Crippen LogP contribution in [0.25, 0.3) is 10.9 Å². The van der Waals surface area contributed by atoms with Gasteiger partial charge in [0.15, 0.2) is 0 Å². The molecule has 170 valence electrons. The fraction of sp³-hybridized carbons (Fsp3) is 0.375. The van der Waals surface area contributed by atoms with Crippen LogP contribution in [0, 0.1) is 19.7 Å². The van der Waals surface area contributed by atoms with E-state index >= 15 is 4.39 Å². The maximum atomic E-state index is 15.1. The van der Waals surface area contributed by atoms with Crippen molar-refractivity contribution in [1.82, 2.24) is 9.47 Å². The molecule has 1 aliphatic rings. The molecule has 0 atom stereocenters. The molecule has 2 heterocycles. The van der Waals surface area contributed by atoms with Crippen LogP contribution in [0.4, 0.5) is 10.1 Å². The predicted molar refractivity (Wildman–Crippen MR) is 125 cm³/mol. The third kappa shape index (κ3) is 3.82. The zero-order chi connectivity index (χ0) is 23.2. The molecule has 0 N–H and O–H groups in total. The Morgan fingerprint density at radius 2 is 1.69 bits per heavy atom. The SMILES string of the molecule is CCn1cc(S(=O)(=O)c2ccc(C)cc2C)c(=O)c2cc(F)c(N3CCN(C)CC3)cc21. The fourth-order valence-electron chi connectivity index (χ4n) is 4.33. The molecule has 32 heavy (non-hydrogen) atoms. The van der Waals surface area contributed by atoms with Gasteiger partial charge in [0.25, 0.3) is 0 Å². The number of likely N-dealkylation sites (N-methyl/N-ethyl adjacent to an activating group) is 1. The number of rotatable bonds is 4. The van der Waals surface area contributed by atoms with E-state index in [1.54, 1.807) is 29.7 Å². The van der Waals surface area contributed by atoms with Gasteiger partial charge in [-0.15, -0.1) is 0 Å². The second kappa shape index (κ2) is 8.33. The summed E-state index contributed by atoms with van der Waals surface area (Å²) in [6.07, 6.45) is 1.39.